The number of methoxy groups -OCH3 is 2. The van der Waals surface area contributed by atoms with Gasteiger partial charge in [-0.3, -0.25) is 0 Å². The molecule has 0 aliphatic heterocycles. The van der Waals surface area contributed by atoms with Gasteiger partial charge in [0.05, 0.1) is 19.1 Å². The summed E-state index contributed by atoms with van der Waals surface area (Å²) in [6, 6.07) is 4.07. The van der Waals surface area contributed by atoms with E-state index in [-0.39, 0.29) is 17.5 Å². The normalized spacial score (nSPS) is 13.1. The number of nitrogens with two attached hydrogens (primary N) is 1. The molecule has 102 valence electrons. The minimum absolute atomic E-state index is 0.112. The van der Waals surface area contributed by atoms with Crippen molar-refractivity contribution in [1.82, 2.24) is 4.72 Å². The Kier molecular flexibility index (Phi) is 4.94. The van der Waals surface area contributed by atoms with Crippen LogP contribution in [-0.2, 0) is 10.0 Å². The van der Waals surface area contributed by atoms with Gasteiger partial charge in [-0.05, 0) is 19.1 Å². The minimum atomic E-state index is -3.59. The lowest BCUT2D eigenvalue weighted by Gasteiger charge is -2.13. The molecule has 7 heteroatoms. The Hall–Kier alpha value is -1.31. The molecule has 1 atom stereocenters. The largest absolute Gasteiger partial charge is 0.493 e. The Labute approximate surface area is 107 Å². The first kappa shape index (κ1) is 14.7. The van der Waals surface area contributed by atoms with Crippen LogP contribution in [0.2, 0.25) is 0 Å². The topological polar surface area (TPSA) is 90.7 Å². The number of sulfonamides is 1. The molecule has 0 fully saturated rings. The highest BCUT2D eigenvalue weighted by Gasteiger charge is 2.18. The van der Waals surface area contributed by atoms with Crippen molar-refractivity contribution in [3.8, 4) is 11.5 Å². The molecule has 0 aliphatic rings. The van der Waals surface area contributed by atoms with E-state index in [0.29, 0.717) is 11.5 Å². The molecule has 0 heterocycles. The molecule has 1 rings (SSSR count). The van der Waals surface area contributed by atoms with Gasteiger partial charge in [0.1, 0.15) is 0 Å². The molecule has 3 N–H and O–H groups in total. The summed E-state index contributed by atoms with van der Waals surface area (Å²) >= 11 is 0. The maximum atomic E-state index is 12.0. The van der Waals surface area contributed by atoms with Crippen LogP contribution in [-0.4, -0.2) is 35.2 Å². The van der Waals surface area contributed by atoms with E-state index in [1.54, 1.807) is 13.0 Å². The summed E-state index contributed by atoms with van der Waals surface area (Å²) in [5.41, 5.74) is 5.39. The fraction of sp³-hybridized carbons (Fsp3) is 0.455. The molecule has 1 aromatic carbocycles. The highest BCUT2D eigenvalue weighted by Crippen LogP contribution is 2.29. The molecular formula is C11H18N2O4S. The maximum Gasteiger partial charge on any atom is 0.240 e. The van der Waals surface area contributed by atoms with Crippen molar-refractivity contribution < 1.29 is 17.9 Å². The zero-order valence-corrected chi connectivity index (χ0v) is 11.5. The standard InChI is InChI=1S/C11H18N2O4S/c1-8(7-12)13-18(14,15)9-4-5-10(16-2)11(6-9)17-3/h4-6,8,13H,7,12H2,1-3H3. The Bertz CT molecular complexity index is 502. The van der Waals surface area contributed by atoms with Crippen molar-refractivity contribution >= 4 is 10.0 Å². The van der Waals surface area contributed by atoms with Crippen LogP contribution in [0.4, 0.5) is 0 Å². The molecular weight excluding hydrogens is 256 g/mol. The van der Waals surface area contributed by atoms with Gasteiger partial charge in [-0.1, -0.05) is 0 Å². The van der Waals surface area contributed by atoms with E-state index >= 15 is 0 Å². The second-order valence-electron chi connectivity index (χ2n) is 3.77. The van der Waals surface area contributed by atoms with Crippen molar-refractivity contribution in [2.45, 2.75) is 17.9 Å². The lowest BCUT2D eigenvalue weighted by atomic mass is 10.3. The zero-order valence-electron chi connectivity index (χ0n) is 10.6. The molecule has 1 aromatic rings. The third-order valence-corrected chi connectivity index (χ3v) is 3.96. The average Bonchev–Trinajstić information content (AvgIpc) is 2.37. The van der Waals surface area contributed by atoms with Crippen molar-refractivity contribution in [2.24, 2.45) is 5.73 Å². The van der Waals surface area contributed by atoms with Gasteiger partial charge in [0.15, 0.2) is 11.5 Å². The SMILES string of the molecule is COc1ccc(S(=O)(=O)NC(C)CN)cc1OC. The van der Waals surface area contributed by atoms with Crippen LogP contribution in [0.25, 0.3) is 0 Å². The van der Waals surface area contributed by atoms with Crippen molar-refractivity contribution in [3.05, 3.63) is 18.2 Å². The second kappa shape index (κ2) is 6.03. The van der Waals surface area contributed by atoms with Crippen LogP contribution < -0.4 is 19.9 Å². The molecule has 0 amide bonds. The van der Waals surface area contributed by atoms with Crippen LogP contribution in [0, 0.1) is 0 Å². The summed E-state index contributed by atoms with van der Waals surface area (Å²) in [4.78, 5) is 0.112. The maximum absolute atomic E-state index is 12.0. The van der Waals surface area contributed by atoms with E-state index in [9.17, 15) is 8.42 Å². The summed E-state index contributed by atoms with van der Waals surface area (Å²) in [5, 5.41) is 0. The molecule has 0 bridgehead atoms. The average molecular weight is 274 g/mol. The Morgan fingerprint density at radius 3 is 2.39 bits per heavy atom. The van der Waals surface area contributed by atoms with Crippen LogP contribution in [0.1, 0.15) is 6.92 Å². The van der Waals surface area contributed by atoms with Crippen LogP contribution in [0.15, 0.2) is 23.1 Å². The van der Waals surface area contributed by atoms with Gasteiger partial charge >= 0.3 is 0 Å². The van der Waals surface area contributed by atoms with Gasteiger partial charge in [-0.2, -0.15) is 0 Å². The van der Waals surface area contributed by atoms with E-state index in [0.717, 1.165) is 0 Å². The predicted octanol–water partition coefficient (Wildman–Crippen LogP) is 0.329. The van der Waals surface area contributed by atoms with Crippen molar-refractivity contribution in [2.75, 3.05) is 20.8 Å². The van der Waals surface area contributed by atoms with Crippen LogP contribution >= 0.6 is 0 Å². The van der Waals surface area contributed by atoms with Gasteiger partial charge in [-0.25, -0.2) is 13.1 Å². The van der Waals surface area contributed by atoms with E-state index in [1.165, 1.54) is 26.4 Å². The first-order chi connectivity index (χ1) is 8.44. The first-order valence-corrected chi connectivity index (χ1v) is 6.87. The molecule has 0 aliphatic carbocycles. The number of rotatable bonds is 6. The number of nitrogens with one attached hydrogen (secondary N) is 1. The molecule has 0 saturated carbocycles. The van der Waals surface area contributed by atoms with E-state index in [2.05, 4.69) is 4.72 Å². The number of benzene rings is 1. The molecule has 1 unspecified atom stereocenters. The molecule has 0 radical (unpaired) electrons. The second-order valence-corrected chi connectivity index (χ2v) is 5.49. The fourth-order valence-electron chi connectivity index (χ4n) is 1.36. The number of hydrogen-bond acceptors (Lipinski definition) is 5. The first-order valence-electron chi connectivity index (χ1n) is 5.39. The van der Waals surface area contributed by atoms with Crippen LogP contribution in [0.5, 0.6) is 11.5 Å². The molecule has 0 aromatic heterocycles. The van der Waals surface area contributed by atoms with E-state index in [4.69, 9.17) is 15.2 Å². The zero-order chi connectivity index (χ0) is 13.8. The Morgan fingerprint density at radius 1 is 1.28 bits per heavy atom. The van der Waals surface area contributed by atoms with Crippen LogP contribution in [0.3, 0.4) is 0 Å². The van der Waals surface area contributed by atoms with Crippen molar-refractivity contribution in [1.29, 1.82) is 0 Å². The fourth-order valence-corrected chi connectivity index (χ4v) is 2.64. The van der Waals surface area contributed by atoms with Gasteiger partial charge in [-0.15, -0.1) is 0 Å². The lowest BCUT2D eigenvalue weighted by molar-refractivity contribution is 0.354. The predicted molar refractivity (Wildman–Crippen MR) is 68.4 cm³/mol. The number of ether oxygens (including phenoxy) is 2. The summed E-state index contributed by atoms with van der Waals surface area (Å²) < 4.78 is 36.6. The van der Waals surface area contributed by atoms with E-state index in [1.807, 2.05) is 0 Å². The van der Waals surface area contributed by atoms with Gasteiger partial charge < -0.3 is 15.2 Å². The van der Waals surface area contributed by atoms with E-state index < -0.39 is 10.0 Å². The monoisotopic (exact) mass is 274 g/mol. The molecule has 0 saturated heterocycles. The summed E-state index contributed by atoms with van der Waals surface area (Å²) in [6.07, 6.45) is 0. The Morgan fingerprint density at radius 2 is 1.89 bits per heavy atom. The van der Waals surface area contributed by atoms with Gasteiger partial charge in [0.25, 0.3) is 0 Å². The highest BCUT2D eigenvalue weighted by molar-refractivity contribution is 7.89. The lowest BCUT2D eigenvalue weighted by Crippen LogP contribution is -2.37. The highest BCUT2D eigenvalue weighted by atomic mass is 32.2. The van der Waals surface area contributed by atoms with Gasteiger partial charge in [0, 0.05) is 18.7 Å². The van der Waals surface area contributed by atoms with Crippen molar-refractivity contribution in [3.63, 3.8) is 0 Å². The summed E-state index contributed by atoms with van der Waals surface area (Å²) in [7, 11) is -0.659. The molecule has 6 nitrogen and oxygen atoms in total. The van der Waals surface area contributed by atoms with Gasteiger partial charge in [0.2, 0.25) is 10.0 Å². The quantitative estimate of drug-likeness (QED) is 0.780. The third-order valence-electron chi connectivity index (χ3n) is 2.38. The Balaban J connectivity index is 3.10. The summed E-state index contributed by atoms with van der Waals surface area (Å²) in [5.74, 6) is 0.837. The third kappa shape index (κ3) is 3.34. The molecule has 0 spiro atoms. The minimum Gasteiger partial charge on any atom is -0.493 e. The number of hydrogen-bond donors (Lipinski definition) is 2. The summed E-state index contributed by atoms with van der Waals surface area (Å²) in [6.45, 7) is 1.92. The molecule has 18 heavy (non-hydrogen) atoms. The smallest absolute Gasteiger partial charge is 0.240 e.